The van der Waals surface area contributed by atoms with Crippen LogP contribution in [0.3, 0.4) is 0 Å². The van der Waals surface area contributed by atoms with Gasteiger partial charge in [0.15, 0.2) is 5.78 Å². The molecule has 0 bridgehead atoms. The van der Waals surface area contributed by atoms with Crippen LogP contribution >= 0.6 is 0 Å². The van der Waals surface area contributed by atoms with Gasteiger partial charge in [0, 0.05) is 11.1 Å². The van der Waals surface area contributed by atoms with E-state index in [1.807, 2.05) is 6.92 Å². The summed E-state index contributed by atoms with van der Waals surface area (Å²) in [6.07, 6.45) is 1.91. The smallest absolute Gasteiger partial charge is 0.313 e. The number of hydrogen-bond acceptors (Lipinski definition) is 6. The standard InChI is InChI=1S/C22H20O6/c1-3-10-7-8-11-13(16(10)22(27)28-2)9-14-18(20(11)25)21(26)17-12(19(14)24)5-4-6-15(17)23/h4-6,9-10,16,23,25H,3,7-8H2,1-2H3/t10-,16?/m0/s1. The van der Waals surface area contributed by atoms with Crippen molar-refractivity contribution >= 4 is 17.5 Å². The fourth-order valence-electron chi connectivity index (χ4n) is 4.55. The Bertz CT molecular complexity index is 1040. The first-order chi connectivity index (χ1) is 13.4. The number of rotatable bonds is 2. The van der Waals surface area contributed by atoms with Crippen LogP contribution in [0.25, 0.3) is 0 Å². The van der Waals surface area contributed by atoms with Crippen LogP contribution in [0.5, 0.6) is 11.5 Å². The zero-order valence-corrected chi connectivity index (χ0v) is 15.6. The Hall–Kier alpha value is -3.15. The maximum absolute atomic E-state index is 13.1. The quantitative estimate of drug-likeness (QED) is 0.663. The number of esters is 1. The molecule has 0 fully saturated rings. The number of ether oxygens (including phenoxy) is 1. The molecule has 2 aliphatic rings. The van der Waals surface area contributed by atoms with E-state index in [0.29, 0.717) is 24.0 Å². The molecule has 0 heterocycles. The number of benzene rings is 2. The number of ketones is 2. The van der Waals surface area contributed by atoms with Gasteiger partial charge in [-0.1, -0.05) is 25.5 Å². The van der Waals surface area contributed by atoms with Gasteiger partial charge in [0.25, 0.3) is 0 Å². The van der Waals surface area contributed by atoms with E-state index in [2.05, 4.69) is 0 Å². The molecule has 0 radical (unpaired) electrons. The highest BCUT2D eigenvalue weighted by molar-refractivity contribution is 6.30. The Kier molecular flexibility index (Phi) is 4.22. The summed E-state index contributed by atoms with van der Waals surface area (Å²) in [5, 5.41) is 21.0. The molecule has 28 heavy (non-hydrogen) atoms. The van der Waals surface area contributed by atoms with Crippen LogP contribution in [-0.4, -0.2) is 34.9 Å². The minimum absolute atomic E-state index is 0.0307. The third kappa shape index (κ3) is 2.37. The van der Waals surface area contributed by atoms with Gasteiger partial charge in [-0.2, -0.15) is 0 Å². The molecule has 1 unspecified atom stereocenters. The summed E-state index contributed by atoms with van der Waals surface area (Å²) in [6.45, 7) is 1.98. The van der Waals surface area contributed by atoms with Gasteiger partial charge in [-0.25, -0.2) is 0 Å². The minimum atomic E-state index is -0.594. The Morgan fingerprint density at radius 2 is 1.89 bits per heavy atom. The van der Waals surface area contributed by atoms with E-state index in [4.69, 9.17) is 4.74 Å². The number of phenolic OH excluding ortho intramolecular Hbond substituents is 2. The first-order valence-corrected chi connectivity index (χ1v) is 9.28. The molecule has 2 aliphatic carbocycles. The number of carbonyl (C=O) groups is 3. The maximum atomic E-state index is 13.1. The monoisotopic (exact) mass is 380 g/mol. The second kappa shape index (κ2) is 6.48. The van der Waals surface area contributed by atoms with Gasteiger partial charge >= 0.3 is 5.97 Å². The van der Waals surface area contributed by atoms with Crippen molar-refractivity contribution in [2.24, 2.45) is 5.92 Å². The molecule has 144 valence electrons. The largest absolute Gasteiger partial charge is 0.507 e. The lowest BCUT2D eigenvalue weighted by molar-refractivity contribution is -0.144. The van der Waals surface area contributed by atoms with Crippen molar-refractivity contribution in [2.75, 3.05) is 7.11 Å². The van der Waals surface area contributed by atoms with E-state index in [-0.39, 0.29) is 39.7 Å². The number of phenols is 2. The Labute approximate surface area is 161 Å². The molecule has 0 saturated heterocycles. The molecular weight excluding hydrogens is 360 g/mol. The Morgan fingerprint density at radius 3 is 2.57 bits per heavy atom. The molecule has 0 saturated carbocycles. The van der Waals surface area contributed by atoms with Crippen LogP contribution in [0.4, 0.5) is 0 Å². The number of hydrogen-bond donors (Lipinski definition) is 2. The number of methoxy groups -OCH3 is 1. The van der Waals surface area contributed by atoms with Crippen molar-refractivity contribution in [3.63, 3.8) is 0 Å². The zero-order valence-electron chi connectivity index (χ0n) is 15.6. The van der Waals surface area contributed by atoms with E-state index in [9.17, 15) is 24.6 Å². The Morgan fingerprint density at radius 1 is 1.14 bits per heavy atom. The molecule has 6 heteroatoms. The third-order valence-electron chi connectivity index (χ3n) is 5.98. The summed E-state index contributed by atoms with van der Waals surface area (Å²) in [7, 11) is 1.31. The lowest BCUT2D eigenvalue weighted by Gasteiger charge is -2.33. The zero-order chi connectivity index (χ0) is 20.2. The van der Waals surface area contributed by atoms with E-state index >= 15 is 0 Å². The summed E-state index contributed by atoms with van der Waals surface area (Å²) in [6, 6.07) is 5.86. The summed E-state index contributed by atoms with van der Waals surface area (Å²) in [5.74, 6) is -2.59. The molecule has 2 N–H and O–H groups in total. The van der Waals surface area contributed by atoms with Crippen molar-refractivity contribution in [3.05, 3.63) is 57.6 Å². The SMILES string of the molecule is CC[C@H]1CCc2c(cc3c(c2O)C(=O)c2c(O)cccc2C3=O)C1C(=O)OC. The first kappa shape index (κ1) is 18.2. The molecule has 0 aliphatic heterocycles. The number of aromatic hydroxyl groups is 2. The molecule has 4 rings (SSSR count). The predicted molar refractivity (Wildman–Crippen MR) is 99.9 cm³/mol. The highest BCUT2D eigenvalue weighted by atomic mass is 16.5. The van der Waals surface area contributed by atoms with Crippen LogP contribution < -0.4 is 0 Å². The lowest BCUT2D eigenvalue weighted by Crippen LogP contribution is -2.30. The van der Waals surface area contributed by atoms with Crippen LogP contribution in [0.1, 0.15) is 68.7 Å². The van der Waals surface area contributed by atoms with Gasteiger partial charge < -0.3 is 14.9 Å². The van der Waals surface area contributed by atoms with Gasteiger partial charge in [-0.15, -0.1) is 0 Å². The molecule has 0 amide bonds. The molecule has 2 aromatic carbocycles. The van der Waals surface area contributed by atoms with Crippen molar-refractivity contribution in [2.45, 2.75) is 32.1 Å². The summed E-state index contributed by atoms with van der Waals surface area (Å²) < 4.78 is 4.98. The van der Waals surface area contributed by atoms with Crippen molar-refractivity contribution in [3.8, 4) is 11.5 Å². The second-order valence-electron chi connectivity index (χ2n) is 7.28. The van der Waals surface area contributed by atoms with Crippen molar-refractivity contribution in [1.29, 1.82) is 0 Å². The summed E-state index contributed by atoms with van der Waals surface area (Å²) >= 11 is 0. The first-order valence-electron chi connectivity index (χ1n) is 9.28. The van der Waals surface area contributed by atoms with Crippen molar-refractivity contribution in [1.82, 2.24) is 0 Å². The average molecular weight is 380 g/mol. The summed E-state index contributed by atoms with van der Waals surface area (Å²) in [4.78, 5) is 38.5. The van der Waals surface area contributed by atoms with Crippen LogP contribution in [0.2, 0.25) is 0 Å². The number of fused-ring (bicyclic) bond motifs is 3. The average Bonchev–Trinajstić information content (AvgIpc) is 2.70. The lowest BCUT2D eigenvalue weighted by atomic mass is 9.70. The molecular formula is C22H20O6. The second-order valence-corrected chi connectivity index (χ2v) is 7.28. The Balaban J connectivity index is 1.98. The number of carbonyl (C=O) groups excluding carboxylic acids is 3. The van der Waals surface area contributed by atoms with Crippen molar-refractivity contribution < 1.29 is 29.3 Å². The van der Waals surface area contributed by atoms with Gasteiger partial charge in [0.1, 0.15) is 11.5 Å². The van der Waals surface area contributed by atoms with E-state index in [1.165, 1.54) is 25.3 Å². The van der Waals surface area contributed by atoms with Gasteiger partial charge in [0.2, 0.25) is 5.78 Å². The fraction of sp³-hybridized carbons (Fsp3) is 0.318. The van der Waals surface area contributed by atoms with Gasteiger partial charge in [0.05, 0.1) is 24.2 Å². The molecule has 2 atom stereocenters. The highest BCUT2D eigenvalue weighted by Gasteiger charge is 2.41. The molecule has 2 aromatic rings. The van der Waals surface area contributed by atoms with E-state index < -0.39 is 23.5 Å². The van der Waals surface area contributed by atoms with E-state index in [0.717, 1.165) is 6.42 Å². The third-order valence-corrected chi connectivity index (χ3v) is 5.98. The van der Waals surface area contributed by atoms with Gasteiger partial charge in [-0.05, 0) is 42.0 Å². The molecule has 6 nitrogen and oxygen atoms in total. The van der Waals surface area contributed by atoms with E-state index in [1.54, 1.807) is 6.07 Å². The normalized spacial score (nSPS) is 20.2. The molecule has 0 aromatic heterocycles. The highest BCUT2D eigenvalue weighted by Crippen LogP contribution is 2.46. The van der Waals surface area contributed by atoms with Gasteiger partial charge in [-0.3, -0.25) is 14.4 Å². The minimum Gasteiger partial charge on any atom is -0.507 e. The fourth-order valence-corrected chi connectivity index (χ4v) is 4.55. The summed E-state index contributed by atoms with van der Waals surface area (Å²) in [5.41, 5.74) is 1.00. The predicted octanol–water partition coefficient (Wildman–Crippen LogP) is 3.10. The topological polar surface area (TPSA) is 101 Å². The van der Waals surface area contributed by atoms with Crippen LogP contribution in [0.15, 0.2) is 24.3 Å². The maximum Gasteiger partial charge on any atom is 0.313 e. The van der Waals surface area contributed by atoms with Crippen LogP contribution in [-0.2, 0) is 16.0 Å². The van der Waals surface area contributed by atoms with Crippen LogP contribution in [0, 0.1) is 5.92 Å². The molecule has 0 spiro atoms.